The number of anilines is 1. The highest BCUT2D eigenvalue weighted by Crippen LogP contribution is 2.28. The van der Waals surface area contributed by atoms with Crippen LogP contribution in [0.1, 0.15) is 26.5 Å². The molecule has 0 aliphatic heterocycles. The van der Waals surface area contributed by atoms with Crippen LogP contribution in [0.25, 0.3) is 10.6 Å². The minimum absolute atomic E-state index is 0.0616. The molecule has 2 N–H and O–H groups in total. The van der Waals surface area contributed by atoms with Crippen molar-refractivity contribution in [2.24, 2.45) is 7.05 Å². The van der Waals surface area contributed by atoms with Crippen molar-refractivity contribution in [3.8, 4) is 10.6 Å². The van der Waals surface area contributed by atoms with Crippen LogP contribution in [0.4, 0.5) is 5.69 Å². The van der Waals surface area contributed by atoms with E-state index in [0.29, 0.717) is 16.3 Å². The van der Waals surface area contributed by atoms with Gasteiger partial charge in [0.25, 0.3) is 5.91 Å². The van der Waals surface area contributed by atoms with Crippen LogP contribution in [-0.2, 0) is 13.7 Å². The number of hydrogen-bond donors (Lipinski definition) is 2. The van der Waals surface area contributed by atoms with Gasteiger partial charge in [-0.25, -0.2) is 4.98 Å². The number of carbonyl (C=O) groups excluding carboxylic acids is 1. The number of aryl methyl sites for hydroxylation is 3. The average Bonchev–Trinajstić information content (AvgIpc) is 3.15. The molecule has 0 aliphatic rings. The molecule has 24 heavy (non-hydrogen) atoms. The fraction of sp³-hybridized carbons (Fsp3) is 0.235. The summed E-state index contributed by atoms with van der Waals surface area (Å²) < 4.78 is 1.70. The lowest BCUT2D eigenvalue weighted by atomic mass is 10.1. The third-order valence-electron chi connectivity index (χ3n) is 3.69. The predicted octanol–water partition coefficient (Wildman–Crippen LogP) is 2.91. The van der Waals surface area contributed by atoms with Crippen LogP contribution in [0, 0.1) is 13.8 Å². The van der Waals surface area contributed by atoms with Gasteiger partial charge >= 0.3 is 0 Å². The first-order valence-corrected chi connectivity index (χ1v) is 8.27. The number of thiazole rings is 1. The second-order valence-corrected chi connectivity index (χ2v) is 6.60. The number of nitrogens with one attached hydrogen (secondary N) is 1. The number of amides is 1. The maximum atomic E-state index is 12.6. The molecule has 0 aliphatic carbocycles. The lowest BCUT2D eigenvalue weighted by Crippen LogP contribution is -2.12. The molecule has 3 rings (SSSR count). The van der Waals surface area contributed by atoms with Gasteiger partial charge in [0.05, 0.1) is 18.5 Å². The van der Waals surface area contributed by atoms with Crippen molar-refractivity contribution in [3.63, 3.8) is 0 Å². The predicted molar refractivity (Wildman–Crippen MR) is 94.1 cm³/mol. The Kier molecular flexibility index (Phi) is 4.46. The van der Waals surface area contributed by atoms with E-state index in [9.17, 15) is 9.90 Å². The number of rotatable bonds is 4. The van der Waals surface area contributed by atoms with Crippen molar-refractivity contribution >= 4 is 22.9 Å². The molecule has 0 fully saturated rings. The first-order chi connectivity index (χ1) is 11.5. The van der Waals surface area contributed by atoms with Crippen LogP contribution >= 0.6 is 11.3 Å². The average molecular weight is 342 g/mol. The number of aliphatic hydroxyl groups excluding tert-OH is 1. The highest BCUT2D eigenvalue weighted by Gasteiger charge is 2.17. The van der Waals surface area contributed by atoms with Crippen molar-refractivity contribution < 1.29 is 9.90 Å². The van der Waals surface area contributed by atoms with E-state index < -0.39 is 0 Å². The normalized spacial score (nSPS) is 10.8. The van der Waals surface area contributed by atoms with Crippen molar-refractivity contribution in [1.29, 1.82) is 0 Å². The minimum atomic E-state index is -0.196. The van der Waals surface area contributed by atoms with Crippen LogP contribution in [0.5, 0.6) is 0 Å². The van der Waals surface area contributed by atoms with E-state index in [-0.39, 0.29) is 12.5 Å². The SMILES string of the molecule is Cc1ccc(CO)cc1NC(=O)c1sc(-c2cnn(C)c2)nc1C. The maximum Gasteiger partial charge on any atom is 0.267 e. The largest absolute Gasteiger partial charge is 0.392 e. The van der Waals surface area contributed by atoms with Gasteiger partial charge in [0, 0.05) is 24.5 Å². The van der Waals surface area contributed by atoms with E-state index in [1.54, 1.807) is 16.9 Å². The first-order valence-electron chi connectivity index (χ1n) is 7.46. The summed E-state index contributed by atoms with van der Waals surface area (Å²) in [4.78, 5) is 17.7. The van der Waals surface area contributed by atoms with E-state index in [4.69, 9.17) is 0 Å². The molecule has 2 aromatic heterocycles. The molecule has 124 valence electrons. The Morgan fingerprint density at radius 1 is 1.38 bits per heavy atom. The first kappa shape index (κ1) is 16.4. The van der Waals surface area contributed by atoms with Gasteiger partial charge in [-0.05, 0) is 31.0 Å². The van der Waals surface area contributed by atoms with Crippen LogP contribution in [-0.4, -0.2) is 25.8 Å². The summed E-state index contributed by atoms with van der Waals surface area (Å²) in [5, 5.41) is 17.1. The fourth-order valence-corrected chi connectivity index (χ4v) is 3.28. The molecule has 0 bridgehead atoms. The molecule has 0 radical (unpaired) electrons. The van der Waals surface area contributed by atoms with Crippen LogP contribution in [0.2, 0.25) is 0 Å². The minimum Gasteiger partial charge on any atom is -0.392 e. The summed E-state index contributed by atoms with van der Waals surface area (Å²) >= 11 is 1.34. The zero-order chi connectivity index (χ0) is 17.3. The monoisotopic (exact) mass is 342 g/mol. The molecular weight excluding hydrogens is 324 g/mol. The number of hydrogen-bond acceptors (Lipinski definition) is 5. The standard InChI is InChI=1S/C17H18N4O2S/c1-10-4-5-12(9-22)6-14(10)20-16(23)15-11(2)19-17(24-15)13-7-18-21(3)8-13/h4-8,22H,9H2,1-3H3,(H,20,23). The molecule has 0 atom stereocenters. The molecule has 3 aromatic rings. The maximum absolute atomic E-state index is 12.6. The van der Waals surface area contributed by atoms with Gasteiger partial charge in [-0.3, -0.25) is 9.48 Å². The number of aromatic nitrogens is 3. The zero-order valence-corrected chi connectivity index (χ0v) is 14.5. The smallest absolute Gasteiger partial charge is 0.267 e. The van der Waals surface area contributed by atoms with Gasteiger partial charge < -0.3 is 10.4 Å². The van der Waals surface area contributed by atoms with E-state index in [1.165, 1.54) is 11.3 Å². The Bertz CT molecular complexity index is 898. The molecule has 0 saturated carbocycles. The Morgan fingerprint density at radius 2 is 2.17 bits per heavy atom. The molecule has 2 heterocycles. The van der Waals surface area contributed by atoms with E-state index >= 15 is 0 Å². The summed E-state index contributed by atoms with van der Waals surface area (Å²) in [7, 11) is 1.84. The van der Waals surface area contributed by atoms with E-state index in [1.807, 2.05) is 39.2 Å². The van der Waals surface area contributed by atoms with Crippen molar-refractivity contribution in [2.45, 2.75) is 20.5 Å². The topological polar surface area (TPSA) is 80.0 Å². The summed E-state index contributed by atoms with van der Waals surface area (Å²) in [5.74, 6) is -0.196. The Morgan fingerprint density at radius 3 is 2.83 bits per heavy atom. The van der Waals surface area contributed by atoms with Crippen molar-refractivity contribution in [3.05, 3.63) is 52.3 Å². The Hall–Kier alpha value is -2.51. The lowest BCUT2D eigenvalue weighted by molar-refractivity contribution is 0.102. The van der Waals surface area contributed by atoms with Gasteiger partial charge in [-0.1, -0.05) is 12.1 Å². The zero-order valence-electron chi connectivity index (χ0n) is 13.7. The summed E-state index contributed by atoms with van der Waals surface area (Å²) in [6, 6.07) is 5.50. The highest BCUT2D eigenvalue weighted by atomic mass is 32.1. The van der Waals surface area contributed by atoms with Gasteiger partial charge in [-0.15, -0.1) is 11.3 Å². The summed E-state index contributed by atoms with van der Waals surface area (Å²) in [6.45, 7) is 3.67. The fourth-order valence-electron chi connectivity index (χ4n) is 2.34. The third kappa shape index (κ3) is 3.22. The molecule has 0 spiro atoms. The number of aliphatic hydroxyl groups is 1. The van der Waals surface area contributed by atoms with Crippen molar-refractivity contribution in [1.82, 2.24) is 14.8 Å². The third-order valence-corrected chi connectivity index (χ3v) is 4.89. The quantitative estimate of drug-likeness (QED) is 0.764. The lowest BCUT2D eigenvalue weighted by Gasteiger charge is -2.09. The second-order valence-electron chi connectivity index (χ2n) is 5.60. The van der Waals surface area contributed by atoms with Crippen LogP contribution in [0.3, 0.4) is 0 Å². The van der Waals surface area contributed by atoms with Gasteiger partial charge in [0.1, 0.15) is 9.88 Å². The number of carbonyl (C=O) groups is 1. The second kappa shape index (κ2) is 6.54. The van der Waals surface area contributed by atoms with Crippen molar-refractivity contribution in [2.75, 3.05) is 5.32 Å². The Balaban J connectivity index is 1.87. The molecule has 0 unspecified atom stereocenters. The van der Waals surface area contributed by atoms with Crippen LogP contribution in [0.15, 0.2) is 30.6 Å². The van der Waals surface area contributed by atoms with Gasteiger partial charge in [0.2, 0.25) is 0 Å². The van der Waals surface area contributed by atoms with Gasteiger partial charge in [-0.2, -0.15) is 5.10 Å². The molecule has 6 nitrogen and oxygen atoms in total. The highest BCUT2D eigenvalue weighted by molar-refractivity contribution is 7.17. The number of nitrogens with zero attached hydrogens (tertiary/aromatic N) is 3. The molecule has 1 amide bonds. The summed E-state index contributed by atoms with van der Waals surface area (Å²) in [5.41, 5.74) is 3.97. The van der Waals surface area contributed by atoms with E-state index in [0.717, 1.165) is 21.7 Å². The molecule has 0 saturated heterocycles. The number of benzene rings is 1. The molecule has 7 heteroatoms. The molecule has 1 aromatic carbocycles. The molecular formula is C17H18N4O2S. The van der Waals surface area contributed by atoms with Gasteiger partial charge in [0.15, 0.2) is 0 Å². The summed E-state index contributed by atoms with van der Waals surface area (Å²) in [6.07, 6.45) is 3.60. The van der Waals surface area contributed by atoms with E-state index in [2.05, 4.69) is 15.4 Å². The Labute approximate surface area is 143 Å². The van der Waals surface area contributed by atoms with Crippen LogP contribution < -0.4 is 5.32 Å².